The number of furan rings is 1. The minimum Gasteiger partial charge on any atom is -0.467 e. The van der Waals surface area contributed by atoms with Gasteiger partial charge in [-0.1, -0.05) is 12.1 Å². The highest BCUT2D eigenvalue weighted by Crippen LogP contribution is 2.19. The van der Waals surface area contributed by atoms with Crippen molar-refractivity contribution in [1.29, 1.82) is 0 Å². The number of nitrogens with one attached hydrogen (secondary N) is 2. The van der Waals surface area contributed by atoms with Gasteiger partial charge in [0.1, 0.15) is 17.6 Å². The Kier molecular flexibility index (Phi) is 4.40. The van der Waals surface area contributed by atoms with Crippen LogP contribution in [0.25, 0.3) is 0 Å². The lowest BCUT2D eigenvalue weighted by Crippen LogP contribution is -2.37. The van der Waals surface area contributed by atoms with Crippen LogP contribution >= 0.6 is 0 Å². The third-order valence-corrected chi connectivity index (χ3v) is 2.99. The molecule has 1 amide bonds. The number of benzene rings is 1. The summed E-state index contributed by atoms with van der Waals surface area (Å²) in [6.45, 7) is 3.79. The van der Waals surface area contributed by atoms with E-state index in [9.17, 15) is 9.18 Å². The third-order valence-electron chi connectivity index (χ3n) is 2.99. The third kappa shape index (κ3) is 3.38. The van der Waals surface area contributed by atoms with E-state index < -0.39 is 6.04 Å². The van der Waals surface area contributed by atoms with Crippen molar-refractivity contribution in [2.75, 3.05) is 5.32 Å². The zero-order valence-electron chi connectivity index (χ0n) is 11.4. The smallest absolute Gasteiger partial charge is 0.242 e. The lowest BCUT2D eigenvalue weighted by molar-refractivity contribution is -0.121. The first-order valence-corrected chi connectivity index (χ1v) is 6.39. The van der Waals surface area contributed by atoms with Gasteiger partial charge in [0.05, 0.1) is 18.5 Å². The number of hydrogen-bond donors (Lipinski definition) is 2. The minimum atomic E-state index is -0.541. The van der Waals surface area contributed by atoms with Gasteiger partial charge in [-0.3, -0.25) is 4.79 Å². The van der Waals surface area contributed by atoms with Gasteiger partial charge in [0, 0.05) is 0 Å². The summed E-state index contributed by atoms with van der Waals surface area (Å²) in [5.41, 5.74) is 1.11. The molecule has 20 heavy (non-hydrogen) atoms. The van der Waals surface area contributed by atoms with Crippen molar-refractivity contribution in [3.8, 4) is 0 Å². The number of aryl methyl sites for hydroxylation is 1. The Morgan fingerprint density at radius 2 is 2.15 bits per heavy atom. The van der Waals surface area contributed by atoms with Gasteiger partial charge in [0.15, 0.2) is 0 Å². The number of hydrogen-bond acceptors (Lipinski definition) is 3. The van der Waals surface area contributed by atoms with Crippen molar-refractivity contribution in [2.45, 2.75) is 26.4 Å². The zero-order chi connectivity index (χ0) is 14.5. The number of carbonyl (C=O) groups is 1. The maximum Gasteiger partial charge on any atom is 0.242 e. The largest absolute Gasteiger partial charge is 0.467 e. The van der Waals surface area contributed by atoms with Gasteiger partial charge in [0.2, 0.25) is 5.91 Å². The van der Waals surface area contributed by atoms with Crippen LogP contribution in [-0.2, 0) is 11.3 Å². The second kappa shape index (κ2) is 6.23. The molecule has 0 aliphatic rings. The average molecular weight is 276 g/mol. The van der Waals surface area contributed by atoms with Crippen molar-refractivity contribution in [3.05, 3.63) is 53.7 Å². The fourth-order valence-corrected chi connectivity index (χ4v) is 1.84. The molecule has 0 aliphatic heterocycles. The molecule has 2 N–H and O–H groups in total. The molecule has 0 aliphatic carbocycles. The van der Waals surface area contributed by atoms with E-state index >= 15 is 0 Å². The summed E-state index contributed by atoms with van der Waals surface area (Å²) >= 11 is 0. The van der Waals surface area contributed by atoms with Gasteiger partial charge in [0.25, 0.3) is 0 Å². The molecule has 0 bridgehead atoms. The first-order chi connectivity index (χ1) is 9.58. The summed E-state index contributed by atoms with van der Waals surface area (Å²) < 4.78 is 18.8. The van der Waals surface area contributed by atoms with E-state index in [2.05, 4.69) is 10.6 Å². The monoisotopic (exact) mass is 276 g/mol. The summed E-state index contributed by atoms with van der Waals surface area (Å²) in [5.74, 6) is 0.0901. The van der Waals surface area contributed by atoms with E-state index in [0.29, 0.717) is 18.0 Å². The Balaban J connectivity index is 1.94. The second-order valence-electron chi connectivity index (χ2n) is 4.59. The number of para-hydroxylation sites is 1. The predicted octanol–water partition coefficient (Wildman–Crippen LogP) is 2.84. The highest BCUT2D eigenvalue weighted by Gasteiger charge is 2.15. The summed E-state index contributed by atoms with van der Waals surface area (Å²) in [5, 5.41) is 5.62. The molecule has 1 aromatic heterocycles. The standard InChI is InChI=1S/C15H17FN2O2/c1-10-5-3-7-13(16)14(10)18-11(2)15(19)17-9-12-6-4-8-20-12/h3-8,11,18H,9H2,1-2H3,(H,17,19). The van der Waals surface area contributed by atoms with Crippen LogP contribution in [0.15, 0.2) is 41.0 Å². The van der Waals surface area contributed by atoms with Crippen LogP contribution < -0.4 is 10.6 Å². The van der Waals surface area contributed by atoms with E-state index in [1.807, 2.05) is 0 Å². The lowest BCUT2D eigenvalue weighted by atomic mass is 10.1. The quantitative estimate of drug-likeness (QED) is 0.883. The van der Waals surface area contributed by atoms with Crippen molar-refractivity contribution in [3.63, 3.8) is 0 Å². The molecule has 1 heterocycles. The highest BCUT2D eigenvalue weighted by molar-refractivity contribution is 5.84. The summed E-state index contributed by atoms with van der Waals surface area (Å²) in [4.78, 5) is 11.9. The number of rotatable bonds is 5. The Bertz CT molecular complexity index is 561. The SMILES string of the molecule is Cc1cccc(F)c1NC(C)C(=O)NCc1ccco1. The molecular weight excluding hydrogens is 259 g/mol. The van der Waals surface area contributed by atoms with Crippen LogP contribution in [0.5, 0.6) is 0 Å². The molecule has 1 atom stereocenters. The van der Waals surface area contributed by atoms with Crippen molar-refractivity contribution in [1.82, 2.24) is 5.32 Å². The number of anilines is 1. The van der Waals surface area contributed by atoms with Crippen molar-refractivity contribution < 1.29 is 13.6 Å². The van der Waals surface area contributed by atoms with Crippen molar-refractivity contribution >= 4 is 11.6 Å². The Labute approximate surface area is 117 Å². The molecule has 0 saturated heterocycles. The van der Waals surface area contributed by atoms with Gasteiger partial charge in [-0.25, -0.2) is 4.39 Å². The molecule has 0 fully saturated rings. The molecule has 2 rings (SSSR count). The normalized spacial score (nSPS) is 11.9. The van der Waals surface area contributed by atoms with Crippen LogP contribution in [0.1, 0.15) is 18.2 Å². The van der Waals surface area contributed by atoms with Gasteiger partial charge < -0.3 is 15.1 Å². The van der Waals surface area contributed by atoms with Crippen LogP contribution in [-0.4, -0.2) is 11.9 Å². The maximum atomic E-state index is 13.7. The van der Waals surface area contributed by atoms with E-state index in [-0.39, 0.29) is 11.7 Å². The second-order valence-corrected chi connectivity index (χ2v) is 4.59. The van der Waals surface area contributed by atoms with Gasteiger partial charge in [-0.05, 0) is 37.6 Å². The Morgan fingerprint density at radius 3 is 2.80 bits per heavy atom. The molecule has 1 aromatic carbocycles. The molecule has 4 nitrogen and oxygen atoms in total. The average Bonchev–Trinajstić information content (AvgIpc) is 2.93. The minimum absolute atomic E-state index is 0.218. The van der Waals surface area contributed by atoms with Crippen LogP contribution in [0.4, 0.5) is 10.1 Å². The van der Waals surface area contributed by atoms with E-state index in [0.717, 1.165) is 5.56 Å². The molecular formula is C15H17FN2O2. The molecule has 106 valence electrons. The fourth-order valence-electron chi connectivity index (χ4n) is 1.84. The predicted molar refractivity (Wildman–Crippen MR) is 74.8 cm³/mol. The summed E-state index contributed by atoms with van der Waals surface area (Å²) in [6.07, 6.45) is 1.55. The lowest BCUT2D eigenvalue weighted by Gasteiger charge is -2.17. The summed E-state index contributed by atoms with van der Waals surface area (Å²) in [7, 11) is 0. The Hall–Kier alpha value is -2.30. The number of carbonyl (C=O) groups excluding carboxylic acids is 1. The number of halogens is 1. The first-order valence-electron chi connectivity index (χ1n) is 6.39. The highest BCUT2D eigenvalue weighted by atomic mass is 19.1. The number of amides is 1. The van der Waals surface area contributed by atoms with E-state index in [1.54, 1.807) is 44.4 Å². The van der Waals surface area contributed by atoms with Crippen LogP contribution in [0, 0.1) is 12.7 Å². The molecule has 0 spiro atoms. The fraction of sp³-hybridized carbons (Fsp3) is 0.267. The van der Waals surface area contributed by atoms with Gasteiger partial charge in [-0.15, -0.1) is 0 Å². The molecule has 1 unspecified atom stereocenters. The molecule has 2 aromatic rings. The molecule has 0 radical (unpaired) electrons. The Morgan fingerprint density at radius 1 is 1.35 bits per heavy atom. The molecule has 5 heteroatoms. The van der Waals surface area contributed by atoms with Gasteiger partial charge >= 0.3 is 0 Å². The topological polar surface area (TPSA) is 54.3 Å². The zero-order valence-corrected chi connectivity index (χ0v) is 11.4. The van der Waals surface area contributed by atoms with E-state index in [4.69, 9.17) is 4.42 Å². The maximum absolute atomic E-state index is 13.7. The van der Waals surface area contributed by atoms with Crippen LogP contribution in [0.2, 0.25) is 0 Å². The van der Waals surface area contributed by atoms with Crippen molar-refractivity contribution in [2.24, 2.45) is 0 Å². The molecule has 0 saturated carbocycles. The van der Waals surface area contributed by atoms with Gasteiger partial charge in [-0.2, -0.15) is 0 Å². The summed E-state index contributed by atoms with van der Waals surface area (Å²) in [6, 6.07) is 7.78. The first kappa shape index (κ1) is 14.1. The van der Waals surface area contributed by atoms with Crippen LogP contribution in [0.3, 0.4) is 0 Å². The van der Waals surface area contributed by atoms with E-state index in [1.165, 1.54) is 6.07 Å².